The Morgan fingerprint density at radius 2 is 2.31 bits per heavy atom. The molecule has 0 aromatic carbocycles. The molecule has 0 amide bonds. The van der Waals surface area contributed by atoms with Crippen LogP contribution in [-0.4, -0.2) is 14.3 Å². The Morgan fingerprint density at radius 3 is 2.92 bits per heavy atom. The summed E-state index contributed by atoms with van der Waals surface area (Å²) in [6, 6.07) is 3.70. The number of pyridine rings is 1. The molecular weight excluding hydrogens is 252 g/mol. The average Bonchev–Trinajstić information content (AvgIpc) is 2.52. The molecule has 2 aromatic heterocycles. The fraction of sp³-hybridized carbons (Fsp3) is 0. The standard InChI is InChI=1S/C7H5BrN4S/c8-4-1-2-10-5(3-4)6-11-7(9)13-12-6/h1-3H,(H2,9,11,12). The summed E-state index contributed by atoms with van der Waals surface area (Å²) in [5.74, 6) is 0.573. The monoisotopic (exact) mass is 256 g/mol. The van der Waals surface area contributed by atoms with Crippen LogP contribution in [0, 0.1) is 0 Å². The largest absolute Gasteiger partial charge is 0.374 e. The van der Waals surface area contributed by atoms with Crippen LogP contribution in [0.1, 0.15) is 0 Å². The van der Waals surface area contributed by atoms with E-state index < -0.39 is 0 Å². The second-order valence-electron chi connectivity index (χ2n) is 2.32. The van der Waals surface area contributed by atoms with Gasteiger partial charge in [0.15, 0.2) is 11.0 Å². The van der Waals surface area contributed by atoms with E-state index in [0.717, 1.165) is 10.2 Å². The Kier molecular flexibility index (Phi) is 2.24. The number of nitrogens with zero attached hydrogens (tertiary/aromatic N) is 3. The first-order valence-electron chi connectivity index (χ1n) is 3.47. The maximum absolute atomic E-state index is 5.46. The highest BCUT2D eigenvalue weighted by Gasteiger charge is 2.05. The van der Waals surface area contributed by atoms with Crippen molar-refractivity contribution in [2.45, 2.75) is 0 Å². The van der Waals surface area contributed by atoms with Gasteiger partial charge in [0.1, 0.15) is 5.69 Å². The molecule has 2 rings (SSSR count). The maximum atomic E-state index is 5.46. The predicted molar refractivity (Wildman–Crippen MR) is 55.3 cm³/mol. The molecule has 0 bridgehead atoms. The fourth-order valence-electron chi connectivity index (χ4n) is 0.866. The van der Waals surface area contributed by atoms with E-state index in [9.17, 15) is 0 Å². The first-order chi connectivity index (χ1) is 6.25. The summed E-state index contributed by atoms with van der Waals surface area (Å²) in [7, 11) is 0. The van der Waals surface area contributed by atoms with Gasteiger partial charge in [-0.2, -0.15) is 9.36 Å². The van der Waals surface area contributed by atoms with Gasteiger partial charge in [0.25, 0.3) is 0 Å². The number of nitrogen functional groups attached to an aromatic ring is 1. The van der Waals surface area contributed by atoms with Crippen LogP contribution in [0.15, 0.2) is 22.8 Å². The van der Waals surface area contributed by atoms with Crippen molar-refractivity contribution in [3.63, 3.8) is 0 Å². The van der Waals surface area contributed by atoms with E-state index in [1.54, 1.807) is 6.20 Å². The average molecular weight is 257 g/mol. The van der Waals surface area contributed by atoms with Crippen LogP contribution in [0.5, 0.6) is 0 Å². The minimum atomic E-state index is 0.455. The summed E-state index contributed by atoms with van der Waals surface area (Å²) < 4.78 is 5.00. The van der Waals surface area contributed by atoms with Crippen LogP contribution in [0.4, 0.5) is 5.13 Å². The van der Waals surface area contributed by atoms with Crippen LogP contribution in [-0.2, 0) is 0 Å². The Morgan fingerprint density at radius 1 is 1.46 bits per heavy atom. The van der Waals surface area contributed by atoms with Crippen molar-refractivity contribution in [1.82, 2.24) is 14.3 Å². The van der Waals surface area contributed by atoms with E-state index in [4.69, 9.17) is 5.73 Å². The van der Waals surface area contributed by atoms with Crippen molar-refractivity contribution in [2.24, 2.45) is 0 Å². The number of aromatic nitrogens is 3. The second-order valence-corrected chi connectivity index (χ2v) is 4.01. The fourth-order valence-corrected chi connectivity index (χ4v) is 1.64. The van der Waals surface area contributed by atoms with Crippen molar-refractivity contribution in [1.29, 1.82) is 0 Å². The zero-order valence-corrected chi connectivity index (χ0v) is 8.84. The highest BCUT2D eigenvalue weighted by atomic mass is 79.9. The van der Waals surface area contributed by atoms with Gasteiger partial charge >= 0.3 is 0 Å². The molecule has 13 heavy (non-hydrogen) atoms. The minimum Gasteiger partial charge on any atom is -0.374 e. The third kappa shape index (κ3) is 1.84. The molecular formula is C7H5BrN4S. The molecule has 4 nitrogen and oxygen atoms in total. The van der Waals surface area contributed by atoms with Crippen molar-refractivity contribution in [3.05, 3.63) is 22.8 Å². The number of hydrogen-bond acceptors (Lipinski definition) is 5. The molecule has 0 saturated carbocycles. The van der Waals surface area contributed by atoms with Crippen LogP contribution >= 0.6 is 27.5 Å². The predicted octanol–water partition coefficient (Wildman–Crippen LogP) is 1.94. The molecule has 2 N–H and O–H groups in total. The number of nitrogens with two attached hydrogens (primary N) is 1. The van der Waals surface area contributed by atoms with Gasteiger partial charge in [-0.3, -0.25) is 4.98 Å². The van der Waals surface area contributed by atoms with E-state index in [-0.39, 0.29) is 0 Å². The Hall–Kier alpha value is -1.01. The van der Waals surface area contributed by atoms with E-state index in [1.807, 2.05) is 12.1 Å². The molecule has 2 aromatic rings. The SMILES string of the molecule is Nc1nc(-c2cc(Br)ccn2)ns1. The summed E-state index contributed by atoms with van der Waals surface area (Å²) in [5, 5.41) is 0.455. The summed E-state index contributed by atoms with van der Waals surface area (Å²) in [6.07, 6.45) is 1.69. The van der Waals surface area contributed by atoms with Gasteiger partial charge in [0.2, 0.25) is 0 Å². The van der Waals surface area contributed by atoms with Gasteiger partial charge in [-0.05, 0) is 12.1 Å². The molecule has 2 heterocycles. The van der Waals surface area contributed by atoms with Crippen LogP contribution in [0.3, 0.4) is 0 Å². The second kappa shape index (κ2) is 3.39. The molecule has 0 aliphatic heterocycles. The highest BCUT2D eigenvalue weighted by molar-refractivity contribution is 9.10. The van der Waals surface area contributed by atoms with Crippen LogP contribution < -0.4 is 5.73 Å². The Labute approximate surface area is 87.1 Å². The summed E-state index contributed by atoms with van der Waals surface area (Å²) in [4.78, 5) is 8.14. The van der Waals surface area contributed by atoms with Crippen molar-refractivity contribution < 1.29 is 0 Å². The normalized spacial score (nSPS) is 10.2. The lowest BCUT2D eigenvalue weighted by Gasteiger charge is -1.93. The number of rotatable bonds is 1. The first kappa shape index (κ1) is 8.58. The van der Waals surface area contributed by atoms with Gasteiger partial charge in [0.05, 0.1) is 0 Å². The zero-order chi connectivity index (χ0) is 9.26. The lowest BCUT2D eigenvalue weighted by molar-refractivity contribution is 1.23. The molecule has 6 heteroatoms. The lowest BCUT2D eigenvalue weighted by atomic mass is 10.3. The molecule has 0 aliphatic carbocycles. The van der Waals surface area contributed by atoms with E-state index >= 15 is 0 Å². The van der Waals surface area contributed by atoms with Gasteiger partial charge in [-0.15, -0.1) is 0 Å². The molecule has 0 radical (unpaired) electrons. The minimum absolute atomic E-state index is 0.455. The third-order valence-electron chi connectivity index (χ3n) is 1.39. The molecule has 0 saturated heterocycles. The maximum Gasteiger partial charge on any atom is 0.200 e. The summed E-state index contributed by atoms with van der Waals surface area (Å²) >= 11 is 4.51. The van der Waals surface area contributed by atoms with E-state index in [2.05, 4.69) is 30.3 Å². The topological polar surface area (TPSA) is 64.7 Å². The molecule has 66 valence electrons. The molecule has 0 unspecified atom stereocenters. The van der Waals surface area contributed by atoms with Crippen LogP contribution in [0.25, 0.3) is 11.5 Å². The Balaban J connectivity index is 2.46. The number of halogens is 1. The Bertz CT molecular complexity index is 428. The summed E-state index contributed by atoms with van der Waals surface area (Å²) in [6.45, 7) is 0. The molecule has 0 atom stereocenters. The smallest absolute Gasteiger partial charge is 0.200 e. The van der Waals surface area contributed by atoms with Crippen molar-refractivity contribution >= 4 is 32.6 Å². The van der Waals surface area contributed by atoms with Crippen molar-refractivity contribution in [2.75, 3.05) is 5.73 Å². The summed E-state index contributed by atoms with van der Waals surface area (Å²) in [5.41, 5.74) is 6.18. The van der Waals surface area contributed by atoms with E-state index in [1.165, 1.54) is 11.5 Å². The van der Waals surface area contributed by atoms with Gasteiger partial charge in [-0.25, -0.2) is 0 Å². The lowest BCUT2D eigenvalue weighted by Crippen LogP contribution is -1.86. The quantitative estimate of drug-likeness (QED) is 0.847. The van der Waals surface area contributed by atoms with Gasteiger partial charge in [0, 0.05) is 22.2 Å². The van der Waals surface area contributed by atoms with Crippen LogP contribution in [0.2, 0.25) is 0 Å². The van der Waals surface area contributed by atoms with Gasteiger partial charge < -0.3 is 5.73 Å². The third-order valence-corrected chi connectivity index (χ3v) is 2.43. The van der Waals surface area contributed by atoms with Crippen molar-refractivity contribution in [3.8, 4) is 11.5 Å². The number of anilines is 1. The number of hydrogen-bond donors (Lipinski definition) is 1. The first-order valence-corrected chi connectivity index (χ1v) is 5.03. The zero-order valence-electron chi connectivity index (χ0n) is 6.44. The highest BCUT2D eigenvalue weighted by Crippen LogP contribution is 2.19. The molecule has 0 aliphatic rings. The molecule has 0 fully saturated rings. The molecule has 0 spiro atoms. The van der Waals surface area contributed by atoms with Gasteiger partial charge in [-0.1, -0.05) is 15.9 Å². The van der Waals surface area contributed by atoms with E-state index in [0.29, 0.717) is 11.0 Å².